The second-order valence-corrected chi connectivity index (χ2v) is 5.72. The number of rotatable bonds is 7. The molecule has 0 bridgehead atoms. The highest BCUT2D eigenvalue weighted by Crippen LogP contribution is 2.36. The van der Waals surface area contributed by atoms with Crippen LogP contribution in [0.15, 0.2) is 18.2 Å². The van der Waals surface area contributed by atoms with E-state index in [0.717, 1.165) is 12.1 Å². The number of benzene rings is 1. The number of carbonyl (C=O) groups is 3. The average Bonchev–Trinajstić information content (AvgIpc) is 2.54. The van der Waals surface area contributed by atoms with Crippen LogP contribution >= 0.6 is 11.6 Å². The van der Waals surface area contributed by atoms with Crippen LogP contribution in [0.3, 0.4) is 0 Å². The van der Waals surface area contributed by atoms with Crippen molar-refractivity contribution in [2.75, 3.05) is 31.6 Å². The Kier molecular flexibility index (Phi) is 8.51. The number of imide groups is 1. The molecule has 0 heterocycles. The lowest BCUT2D eigenvalue weighted by Gasteiger charge is -2.19. The average molecular weight is 410 g/mol. The summed E-state index contributed by atoms with van der Waals surface area (Å²) in [6.45, 7) is 3.11. The molecule has 0 aromatic heterocycles. The number of alkyl carbamates (subject to hydrolysis) is 1. The normalized spacial score (nSPS) is 11.2. The van der Waals surface area contributed by atoms with Gasteiger partial charge in [0.05, 0.1) is 30.3 Å². The van der Waals surface area contributed by atoms with E-state index >= 15 is 0 Å². The zero-order valence-electron chi connectivity index (χ0n) is 14.7. The van der Waals surface area contributed by atoms with Gasteiger partial charge < -0.3 is 10.1 Å². The zero-order chi connectivity index (χ0) is 20.6. The molecule has 1 aromatic rings. The van der Waals surface area contributed by atoms with Crippen LogP contribution in [-0.2, 0) is 20.5 Å². The number of likely N-dealkylation sites (N-methyl/N-ethyl adjacent to an activating group) is 1. The molecule has 0 unspecified atom stereocenters. The van der Waals surface area contributed by atoms with Gasteiger partial charge in [-0.25, -0.2) is 4.79 Å². The topological polar surface area (TPSA) is 87.7 Å². The number of alkyl halides is 3. The third-order valence-electron chi connectivity index (χ3n) is 3.25. The molecule has 0 saturated carbocycles. The van der Waals surface area contributed by atoms with Crippen molar-refractivity contribution in [3.05, 3.63) is 28.8 Å². The molecule has 27 heavy (non-hydrogen) atoms. The van der Waals surface area contributed by atoms with Gasteiger partial charge in [0.25, 0.3) is 0 Å². The molecule has 0 saturated heterocycles. The summed E-state index contributed by atoms with van der Waals surface area (Å²) >= 11 is 5.52. The van der Waals surface area contributed by atoms with Crippen molar-refractivity contribution in [2.24, 2.45) is 0 Å². The van der Waals surface area contributed by atoms with Gasteiger partial charge >= 0.3 is 12.3 Å². The fourth-order valence-electron chi connectivity index (χ4n) is 2.03. The lowest BCUT2D eigenvalue weighted by Crippen LogP contribution is -2.43. The molecule has 0 fully saturated rings. The number of halogens is 4. The minimum absolute atomic E-state index is 0.0799. The molecule has 3 amide bonds. The minimum atomic E-state index is -4.65. The van der Waals surface area contributed by atoms with E-state index in [0.29, 0.717) is 0 Å². The fraction of sp³-hybridized carbons (Fsp3) is 0.438. The Labute approximate surface area is 158 Å². The summed E-state index contributed by atoms with van der Waals surface area (Å²) < 4.78 is 43.1. The van der Waals surface area contributed by atoms with Gasteiger partial charge in [0.1, 0.15) is 0 Å². The summed E-state index contributed by atoms with van der Waals surface area (Å²) in [7, 11) is 0. The van der Waals surface area contributed by atoms with E-state index in [2.05, 4.69) is 10.1 Å². The fourth-order valence-corrected chi connectivity index (χ4v) is 2.25. The number of hydrogen-bond donors (Lipinski definition) is 2. The van der Waals surface area contributed by atoms with Gasteiger partial charge in [-0.3, -0.25) is 19.8 Å². The van der Waals surface area contributed by atoms with Crippen LogP contribution in [0.4, 0.5) is 23.7 Å². The first kappa shape index (κ1) is 22.7. The van der Waals surface area contributed by atoms with Crippen molar-refractivity contribution in [3.8, 4) is 0 Å². The lowest BCUT2D eigenvalue weighted by atomic mass is 10.2. The summed E-state index contributed by atoms with van der Waals surface area (Å²) in [4.78, 5) is 36.3. The Morgan fingerprint density at radius 1 is 1.15 bits per heavy atom. The molecule has 2 N–H and O–H groups in total. The summed E-state index contributed by atoms with van der Waals surface area (Å²) in [5.74, 6) is -1.30. The van der Waals surface area contributed by atoms with Crippen LogP contribution in [0, 0.1) is 0 Å². The lowest BCUT2D eigenvalue weighted by molar-refractivity contribution is -0.137. The van der Waals surface area contributed by atoms with E-state index in [9.17, 15) is 27.6 Å². The second kappa shape index (κ2) is 10.1. The van der Waals surface area contributed by atoms with Crippen LogP contribution in [-0.4, -0.2) is 49.0 Å². The SMILES string of the molecule is CCOC(=O)NC(=O)CN(CC)CC(=O)Nc1ccc(Cl)c(C(F)(F)F)c1. The van der Waals surface area contributed by atoms with Crippen molar-refractivity contribution in [3.63, 3.8) is 0 Å². The van der Waals surface area contributed by atoms with Crippen LogP contribution in [0.25, 0.3) is 0 Å². The van der Waals surface area contributed by atoms with Crippen LogP contribution in [0.1, 0.15) is 19.4 Å². The smallest absolute Gasteiger partial charge is 0.417 e. The third-order valence-corrected chi connectivity index (χ3v) is 3.58. The first-order valence-corrected chi connectivity index (χ1v) is 8.30. The molecule has 150 valence electrons. The highest BCUT2D eigenvalue weighted by atomic mass is 35.5. The predicted octanol–water partition coefficient (Wildman–Crippen LogP) is 2.89. The van der Waals surface area contributed by atoms with Gasteiger partial charge in [-0.15, -0.1) is 0 Å². The maximum Gasteiger partial charge on any atom is 0.417 e. The number of nitrogens with one attached hydrogen (secondary N) is 2. The standard InChI is InChI=1S/C16H19ClF3N3O4/c1-3-23(9-14(25)22-15(26)27-4-2)8-13(24)21-10-5-6-12(17)11(7-10)16(18,19)20/h5-7H,3-4,8-9H2,1-2H3,(H,21,24)(H,22,25,26). The van der Waals surface area contributed by atoms with E-state index in [1.165, 1.54) is 11.0 Å². The molecule has 1 aromatic carbocycles. The maximum atomic E-state index is 12.8. The molecule has 7 nitrogen and oxygen atoms in total. The van der Waals surface area contributed by atoms with Crippen molar-refractivity contribution in [2.45, 2.75) is 20.0 Å². The number of amides is 3. The van der Waals surface area contributed by atoms with Gasteiger partial charge in [0, 0.05) is 5.69 Å². The first-order valence-electron chi connectivity index (χ1n) is 7.92. The van der Waals surface area contributed by atoms with Crippen LogP contribution in [0.5, 0.6) is 0 Å². The molecule has 0 atom stereocenters. The van der Waals surface area contributed by atoms with Crippen molar-refractivity contribution >= 4 is 35.2 Å². The summed E-state index contributed by atoms with van der Waals surface area (Å²) in [5, 5.41) is 3.82. The first-order chi connectivity index (χ1) is 12.6. The van der Waals surface area contributed by atoms with E-state index in [4.69, 9.17) is 11.6 Å². The molecule has 0 aliphatic rings. The van der Waals surface area contributed by atoms with E-state index in [1.807, 2.05) is 5.32 Å². The number of anilines is 1. The van der Waals surface area contributed by atoms with Gasteiger partial charge in [0.15, 0.2) is 0 Å². The molecular formula is C16H19ClF3N3O4. The predicted molar refractivity (Wildman–Crippen MR) is 92.4 cm³/mol. The van der Waals surface area contributed by atoms with Crippen molar-refractivity contribution in [1.82, 2.24) is 10.2 Å². The number of carbonyl (C=O) groups excluding carboxylic acids is 3. The number of ether oxygens (including phenoxy) is 1. The van der Waals surface area contributed by atoms with Gasteiger partial charge in [0.2, 0.25) is 11.8 Å². The highest BCUT2D eigenvalue weighted by Gasteiger charge is 2.33. The molecule has 11 heteroatoms. The Morgan fingerprint density at radius 3 is 2.33 bits per heavy atom. The Bertz CT molecular complexity index is 698. The van der Waals surface area contributed by atoms with E-state index in [1.54, 1.807) is 13.8 Å². The van der Waals surface area contributed by atoms with E-state index in [-0.39, 0.29) is 31.9 Å². The van der Waals surface area contributed by atoms with Gasteiger partial charge in [-0.1, -0.05) is 18.5 Å². The monoisotopic (exact) mass is 409 g/mol. The molecule has 1 rings (SSSR count). The Hall–Kier alpha value is -2.33. The van der Waals surface area contributed by atoms with Crippen molar-refractivity contribution < 1.29 is 32.3 Å². The molecule has 0 spiro atoms. The summed E-state index contributed by atoms with van der Waals surface area (Å²) in [6, 6.07) is 2.99. The summed E-state index contributed by atoms with van der Waals surface area (Å²) in [5.41, 5.74) is -1.15. The van der Waals surface area contributed by atoms with Gasteiger partial charge in [-0.05, 0) is 31.7 Å². The van der Waals surface area contributed by atoms with Crippen LogP contribution < -0.4 is 10.6 Å². The number of hydrogen-bond acceptors (Lipinski definition) is 5. The van der Waals surface area contributed by atoms with Crippen LogP contribution in [0.2, 0.25) is 5.02 Å². The molecular weight excluding hydrogens is 391 g/mol. The molecule has 0 radical (unpaired) electrons. The Balaban J connectivity index is 2.66. The minimum Gasteiger partial charge on any atom is -0.450 e. The Morgan fingerprint density at radius 2 is 1.78 bits per heavy atom. The largest absolute Gasteiger partial charge is 0.450 e. The maximum absolute atomic E-state index is 12.8. The summed E-state index contributed by atoms with van der Waals surface area (Å²) in [6.07, 6.45) is -5.55. The number of nitrogens with zero attached hydrogens (tertiary/aromatic N) is 1. The van der Waals surface area contributed by atoms with Crippen molar-refractivity contribution in [1.29, 1.82) is 0 Å². The van der Waals surface area contributed by atoms with E-state index < -0.39 is 34.7 Å². The highest BCUT2D eigenvalue weighted by molar-refractivity contribution is 6.31. The van der Waals surface area contributed by atoms with Gasteiger partial charge in [-0.2, -0.15) is 13.2 Å². The molecule has 0 aliphatic carbocycles. The quantitative estimate of drug-likeness (QED) is 0.723. The zero-order valence-corrected chi connectivity index (χ0v) is 15.4. The molecule has 0 aliphatic heterocycles. The third kappa shape index (κ3) is 7.83. The second-order valence-electron chi connectivity index (χ2n) is 5.31.